The smallest absolute Gasteiger partial charge is 0.384 e. The van der Waals surface area contributed by atoms with Crippen molar-refractivity contribution < 1.29 is 18.0 Å². The maximum Gasteiger partial charge on any atom is 0.451 e. The number of halogens is 3. The highest BCUT2D eigenvalue weighted by Gasteiger charge is 2.35. The van der Waals surface area contributed by atoms with Gasteiger partial charge in [-0.15, -0.1) is 0 Å². The standard InChI is InChI=1S/C12H18F3N5O/c1-4-5-20(7-10(21)19(2)3)9-6-8(16)17-11(18-9)12(13,14)15/h6H,4-5,7H2,1-3H3,(H2,16,17,18). The van der Waals surface area contributed by atoms with E-state index in [1.54, 1.807) is 14.1 Å². The number of rotatable bonds is 5. The SMILES string of the molecule is CCCN(CC(=O)N(C)C)c1cc(N)nc(C(F)(F)F)n1. The lowest BCUT2D eigenvalue weighted by Crippen LogP contribution is -2.38. The lowest BCUT2D eigenvalue weighted by atomic mass is 10.3. The third-order valence-corrected chi connectivity index (χ3v) is 2.63. The van der Waals surface area contributed by atoms with Gasteiger partial charge in [0, 0.05) is 26.7 Å². The zero-order valence-corrected chi connectivity index (χ0v) is 12.1. The van der Waals surface area contributed by atoms with Crippen LogP contribution in [0.3, 0.4) is 0 Å². The summed E-state index contributed by atoms with van der Waals surface area (Å²) >= 11 is 0. The maximum absolute atomic E-state index is 12.7. The molecule has 0 fully saturated rings. The summed E-state index contributed by atoms with van der Waals surface area (Å²) in [6.07, 6.45) is -4.04. The fourth-order valence-corrected chi connectivity index (χ4v) is 1.59. The number of carbonyl (C=O) groups is 1. The summed E-state index contributed by atoms with van der Waals surface area (Å²) in [5, 5.41) is 0. The quantitative estimate of drug-likeness (QED) is 0.889. The largest absolute Gasteiger partial charge is 0.451 e. The van der Waals surface area contributed by atoms with Crippen molar-refractivity contribution in [3.8, 4) is 0 Å². The number of aromatic nitrogens is 2. The summed E-state index contributed by atoms with van der Waals surface area (Å²) in [7, 11) is 3.14. The lowest BCUT2D eigenvalue weighted by molar-refractivity contribution is -0.144. The predicted molar refractivity (Wildman–Crippen MR) is 72.6 cm³/mol. The van der Waals surface area contributed by atoms with Gasteiger partial charge in [-0.1, -0.05) is 6.92 Å². The summed E-state index contributed by atoms with van der Waals surface area (Å²) in [6, 6.07) is 1.23. The number of carbonyl (C=O) groups excluding carboxylic acids is 1. The van der Waals surface area contributed by atoms with Gasteiger partial charge < -0.3 is 15.5 Å². The van der Waals surface area contributed by atoms with E-state index in [0.29, 0.717) is 13.0 Å². The van der Waals surface area contributed by atoms with Crippen molar-refractivity contribution in [1.82, 2.24) is 14.9 Å². The summed E-state index contributed by atoms with van der Waals surface area (Å²) in [5.41, 5.74) is 5.41. The molecule has 1 amide bonds. The first-order valence-electron chi connectivity index (χ1n) is 6.32. The molecule has 1 heterocycles. The molecule has 0 bridgehead atoms. The fraction of sp³-hybridized carbons (Fsp3) is 0.583. The molecule has 0 aromatic carbocycles. The number of nitrogens with zero attached hydrogens (tertiary/aromatic N) is 4. The minimum Gasteiger partial charge on any atom is -0.384 e. The summed E-state index contributed by atoms with van der Waals surface area (Å²) in [6.45, 7) is 2.16. The van der Waals surface area contributed by atoms with Crippen LogP contribution in [0.1, 0.15) is 19.2 Å². The van der Waals surface area contributed by atoms with Crippen molar-refractivity contribution in [2.24, 2.45) is 0 Å². The third-order valence-electron chi connectivity index (χ3n) is 2.63. The highest BCUT2D eigenvalue weighted by atomic mass is 19.4. The molecule has 2 N–H and O–H groups in total. The van der Waals surface area contributed by atoms with Crippen LogP contribution in [0.4, 0.5) is 24.8 Å². The molecule has 1 rings (SSSR count). The summed E-state index contributed by atoms with van der Waals surface area (Å²) < 4.78 is 38.1. The van der Waals surface area contributed by atoms with E-state index in [0.717, 1.165) is 0 Å². The Bertz CT molecular complexity index is 504. The maximum atomic E-state index is 12.7. The molecular weight excluding hydrogens is 287 g/mol. The minimum atomic E-state index is -4.69. The van der Waals surface area contributed by atoms with Gasteiger partial charge in [0.1, 0.15) is 11.6 Å². The van der Waals surface area contributed by atoms with E-state index in [-0.39, 0.29) is 24.1 Å². The predicted octanol–water partition coefficient (Wildman–Crippen LogP) is 1.38. The first-order chi connectivity index (χ1) is 9.65. The van der Waals surface area contributed by atoms with E-state index < -0.39 is 12.0 Å². The zero-order chi connectivity index (χ0) is 16.2. The molecule has 9 heteroatoms. The van der Waals surface area contributed by atoms with Crippen LogP contribution in [0.5, 0.6) is 0 Å². The first kappa shape index (κ1) is 17.0. The lowest BCUT2D eigenvalue weighted by Gasteiger charge is -2.24. The summed E-state index contributed by atoms with van der Waals surface area (Å²) in [5.74, 6) is -1.84. The van der Waals surface area contributed by atoms with Crippen molar-refractivity contribution in [2.75, 3.05) is 37.8 Å². The van der Waals surface area contributed by atoms with Crippen molar-refractivity contribution >= 4 is 17.5 Å². The Morgan fingerprint density at radius 1 is 1.33 bits per heavy atom. The molecule has 21 heavy (non-hydrogen) atoms. The molecule has 0 saturated heterocycles. The Balaban J connectivity index is 3.13. The van der Waals surface area contributed by atoms with Gasteiger partial charge in [0.2, 0.25) is 11.7 Å². The molecule has 0 atom stereocenters. The Morgan fingerprint density at radius 3 is 2.43 bits per heavy atom. The van der Waals surface area contributed by atoms with Gasteiger partial charge in [-0.3, -0.25) is 4.79 Å². The molecule has 0 aliphatic rings. The van der Waals surface area contributed by atoms with Gasteiger partial charge >= 0.3 is 6.18 Å². The second kappa shape index (κ2) is 6.59. The van der Waals surface area contributed by atoms with Gasteiger partial charge in [0.25, 0.3) is 0 Å². The van der Waals surface area contributed by atoms with Gasteiger partial charge in [-0.25, -0.2) is 9.97 Å². The van der Waals surface area contributed by atoms with Gasteiger partial charge in [0.15, 0.2) is 0 Å². The molecule has 0 unspecified atom stereocenters. The average Bonchev–Trinajstić information content (AvgIpc) is 2.36. The fourth-order valence-electron chi connectivity index (χ4n) is 1.59. The molecule has 0 spiro atoms. The molecule has 0 saturated carbocycles. The number of anilines is 2. The van der Waals surface area contributed by atoms with E-state index >= 15 is 0 Å². The van der Waals surface area contributed by atoms with Crippen molar-refractivity contribution in [1.29, 1.82) is 0 Å². The number of likely N-dealkylation sites (N-methyl/N-ethyl adjacent to an activating group) is 1. The van der Waals surface area contributed by atoms with Crippen LogP contribution >= 0.6 is 0 Å². The Kier molecular flexibility index (Phi) is 5.34. The number of nitrogen functional groups attached to an aromatic ring is 1. The van der Waals surface area contributed by atoms with Crippen LogP contribution in [0.15, 0.2) is 6.07 Å². The van der Waals surface area contributed by atoms with E-state index in [2.05, 4.69) is 9.97 Å². The van der Waals surface area contributed by atoms with Crippen LogP contribution in [0.2, 0.25) is 0 Å². The van der Waals surface area contributed by atoms with Crippen molar-refractivity contribution in [3.63, 3.8) is 0 Å². The molecule has 0 aliphatic carbocycles. The highest BCUT2D eigenvalue weighted by Crippen LogP contribution is 2.28. The van der Waals surface area contributed by atoms with Crippen LogP contribution in [-0.2, 0) is 11.0 Å². The van der Waals surface area contributed by atoms with E-state index in [9.17, 15) is 18.0 Å². The molecule has 1 aromatic rings. The normalized spacial score (nSPS) is 11.3. The van der Waals surface area contributed by atoms with E-state index in [1.807, 2.05) is 6.92 Å². The monoisotopic (exact) mass is 305 g/mol. The number of hydrogen-bond donors (Lipinski definition) is 1. The average molecular weight is 305 g/mol. The number of nitrogens with two attached hydrogens (primary N) is 1. The van der Waals surface area contributed by atoms with Crippen LogP contribution in [-0.4, -0.2) is 48.0 Å². The molecule has 118 valence electrons. The van der Waals surface area contributed by atoms with Crippen LogP contribution in [0.25, 0.3) is 0 Å². The number of amides is 1. The second-order valence-electron chi connectivity index (χ2n) is 4.68. The number of hydrogen-bond acceptors (Lipinski definition) is 5. The van der Waals surface area contributed by atoms with Crippen LogP contribution < -0.4 is 10.6 Å². The molecular formula is C12H18F3N5O. The Morgan fingerprint density at radius 2 is 1.95 bits per heavy atom. The van der Waals surface area contributed by atoms with Gasteiger partial charge in [-0.2, -0.15) is 13.2 Å². The van der Waals surface area contributed by atoms with E-state index in [4.69, 9.17) is 5.73 Å². The van der Waals surface area contributed by atoms with Gasteiger partial charge in [-0.05, 0) is 6.42 Å². The number of alkyl halides is 3. The highest BCUT2D eigenvalue weighted by molar-refractivity contribution is 5.80. The Hall–Kier alpha value is -2.06. The van der Waals surface area contributed by atoms with E-state index in [1.165, 1.54) is 15.9 Å². The zero-order valence-electron chi connectivity index (χ0n) is 12.1. The van der Waals surface area contributed by atoms with Crippen molar-refractivity contribution in [2.45, 2.75) is 19.5 Å². The van der Waals surface area contributed by atoms with Crippen LogP contribution in [0, 0.1) is 0 Å². The topological polar surface area (TPSA) is 75.4 Å². The summed E-state index contributed by atoms with van der Waals surface area (Å²) in [4.78, 5) is 21.2. The van der Waals surface area contributed by atoms with Gasteiger partial charge in [0.05, 0.1) is 6.54 Å². The second-order valence-corrected chi connectivity index (χ2v) is 4.68. The molecule has 1 aromatic heterocycles. The van der Waals surface area contributed by atoms with Crippen molar-refractivity contribution in [3.05, 3.63) is 11.9 Å². The first-order valence-corrected chi connectivity index (χ1v) is 6.32. The molecule has 6 nitrogen and oxygen atoms in total. The molecule has 0 radical (unpaired) electrons. The Labute approximate surface area is 120 Å². The minimum absolute atomic E-state index is 0.00752. The molecule has 0 aliphatic heterocycles. The third kappa shape index (κ3) is 4.76.